The van der Waals surface area contributed by atoms with Gasteiger partial charge in [-0.15, -0.1) is 0 Å². The highest BCUT2D eigenvalue weighted by Crippen LogP contribution is 2.46. The summed E-state index contributed by atoms with van der Waals surface area (Å²) < 4.78 is 0. The quantitative estimate of drug-likeness (QED) is 0.624. The highest BCUT2D eigenvalue weighted by Gasteiger charge is 2.36. The van der Waals surface area contributed by atoms with E-state index < -0.39 is 0 Å². The Morgan fingerprint density at radius 3 is 2.46 bits per heavy atom. The molecule has 0 aliphatic heterocycles. The molecule has 0 nitrogen and oxygen atoms in total. The van der Waals surface area contributed by atoms with Crippen LogP contribution in [0.25, 0.3) is 0 Å². The topological polar surface area (TPSA) is 0 Å². The van der Waals surface area contributed by atoms with Crippen molar-refractivity contribution in [1.29, 1.82) is 0 Å². The highest BCUT2D eigenvalue weighted by molar-refractivity contribution is 9.09. The number of hydrogen-bond donors (Lipinski definition) is 0. The maximum Gasteiger partial charge on any atom is 0.00853 e. The molecule has 0 bridgehead atoms. The molecule has 0 aromatic rings. The summed E-state index contributed by atoms with van der Waals surface area (Å²) in [7, 11) is 0. The van der Waals surface area contributed by atoms with E-state index in [1.54, 1.807) is 0 Å². The summed E-state index contributed by atoms with van der Waals surface area (Å²) in [5, 5.41) is 1.14. The van der Waals surface area contributed by atoms with Gasteiger partial charge in [0.1, 0.15) is 0 Å². The van der Waals surface area contributed by atoms with Gasteiger partial charge in [-0.1, -0.05) is 50.0 Å². The second-order valence-corrected chi connectivity index (χ2v) is 6.64. The normalized spacial score (nSPS) is 28.8. The van der Waals surface area contributed by atoms with Gasteiger partial charge in [0.15, 0.2) is 0 Å². The van der Waals surface area contributed by atoms with Crippen molar-refractivity contribution in [3.63, 3.8) is 0 Å². The molecule has 1 aliphatic rings. The van der Waals surface area contributed by atoms with E-state index >= 15 is 0 Å². The Hall–Kier alpha value is 0.480. The first-order valence-electron chi connectivity index (χ1n) is 5.43. The molecule has 1 fully saturated rings. The van der Waals surface area contributed by atoms with Crippen molar-refractivity contribution in [2.45, 2.75) is 53.4 Å². The monoisotopic (exact) mass is 246 g/mol. The van der Waals surface area contributed by atoms with Crippen molar-refractivity contribution in [3.8, 4) is 0 Å². The van der Waals surface area contributed by atoms with Crippen LogP contribution in [-0.4, -0.2) is 5.33 Å². The van der Waals surface area contributed by atoms with Gasteiger partial charge in [0.05, 0.1) is 0 Å². The zero-order valence-electron chi connectivity index (χ0n) is 9.49. The van der Waals surface area contributed by atoms with E-state index in [0.717, 1.165) is 11.2 Å². The fourth-order valence-electron chi connectivity index (χ4n) is 2.47. The molecule has 0 aromatic heterocycles. The Morgan fingerprint density at radius 1 is 1.38 bits per heavy atom. The second kappa shape index (κ2) is 3.92. The summed E-state index contributed by atoms with van der Waals surface area (Å²) in [6, 6.07) is 0. The summed E-state index contributed by atoms with van der Waals surface area (Å²) in [6.07, 6.45) is 5.68. The summed E-state index contributed by atoms with van der Waals surface area (Å²) in [5.41, 5.74) is 1.07. The fourth-order valence-corrected chi connectivity index (χ4v) is 2.93. The lowest BCUT2D eigenvalue weighted by Gasteiger charge is -2.42. The third kappa shape index (κ3) is 2.97. The average Bonchev–Trinajstić information content (AvgIpc) is 2.03. The Balaban J connectivity index is 2.61. The van der Waals surface area contributed by atoms with E-state index in [9.17, 15) is 0 Å². The van der Waals surface area contributed by atoms with Gasteiger partial charge in [0, 0.05) is 5.33 Å². The molecule has 0 N–H and O–H groups in total. The van der Waals surface area contributed by atoms with E-state index in [1.807, 2.05) is 0 Å². The van der Waals surface area contributed by atoms with Gasteiger partial charge in [-0.25, -0.2) is 0 Å². The predicted octanol–water partition coefficient (Wildman–Crippen LogP) is 4.62. The highest BCUT2D eigenvalue weighted by atomic mass is 79.9. The minimum Gasteiger partial charge on any atom is -0.0922 e. The minimum absolute atomic E-state index is 0.484. The van der Waals surface area contributed by atoms with Crippen molar-refractivity contribution in [2.75, 3.05) is 5.33 Å². The molecule has 0 aromatic carbocycles. The number of halogens is 1. The maximum atomic E-state index is 3.64. The van der Waals surface area contributed by atoms with Crippen LogP contribution < -0.4 is 0 Å². The van der Waals surface area contributed by atoms with Gasteiger partial charge < -0.3 is 0 Å². The van der Waals surface area contributed by atoms with Crippen LogP contribution in [0.15, 0.2) is 0 Å². The molecule has 1 aliphatic carbocycles. The molecular formula is C12H23Br. The minimum atomic E-state index is 0.484. The summed E-state index contributed by atoms with van der Waals surface area (Å²) in [4.78, 5) is 0. The van der Waals surface area contributed by atoms with Crippen molar-refractivity contribution in [3.05, 3.63) is 0 Å². The standard InChI is InChI=1S/C12H23Br/c1-11(2)7-5-6-10(8-11)12(3,4)9-13/h10H,5-9H2,1-4H3. The van der Waals surface area contributed by atoms with Gasteiger partial charge >= 0.3 is 0 Å². The zero-order chi connectivity index (χ0) is 10.1. The lowest BCUT2D eigenvalue weighted by atomic mass is 9.64. The number of alkyl halides is 1. The van der Waals surface area contributed by atoms with E-state index in [2.05, 4.69) is 43.6 Å². The Kier molecular flexibility index (Phi) is 3.49. The zero-order valence-corrected chi connectivity index (χ0v) is 11.1. The Bertz CT molecular complexity index is 170. The first-order chi connectivity index (χ1) is 5.87. The van der Waals surface area contributed by atoms with Crippen molar-refractivity contribution in [1.82, 2.24) is 0 Å². The predicted molar refractivity (Wildman–Crippen MR) is 63.3 cm³/mol. The lowest BCUT2D eigenvalue weighted by Crippen LogP contribution is -2.33. The summed E-state index contributed by atoms with van der Waals surface area (Å²) in [5.74, 6) is 0.913. The largest absolute Gasteiger partial charge is 0.0922 e. The van der Waals surface area contributed by atoms with Gasteiger partial charge in [-0.05, 0) is 36.0 Å². The van der Waals surface area contributed by atoms with Crippen molar-refractivity contribution >= 4 is 15.9 Å². The van der Waals surface area contributed by atoms with Crippen LogP contribution in [0.2, 0.25) is 0 Å². The molecular weight excluding hydrogens is 224 g/mol. The molecule has 1 atom stereocenters. The van der Waals surface area contributed by atoms with Crippen LogP contribution in [0.5, 0.6) is 0 Å². The van der Waals surface area contributed by atoms with Gasteiger partial charge in [0.2, 0.25) is 0 Å². The SMILES string of the molecule is CC1(C)CCCC(C(C)(C)CBr)C1. The second-order valence-electron chi connectivity index (χ2n) is 6.08. The van der Waals surface area contributed by atoms with Crippen LogP contribution in [-0.2, 0) is 0 Å². The van der Waals surface area contributed by atoms with Crippen molar-refractivity contribution in [2.24, 2.45) is 16.7 Å². The van der Waals surface area contributed by atoms with Gasteiger partial charge in [-0.2, -0.15) is 0 Å². The maximum absolute atomic E-state index is 3.64. The molecule has 13 heavy (non-hydrogen) atoms. The van der Waals surface area contributed by atoms with E-state index in [1.165, 1.54) is 25.7 Å². The molecule has 1 unspecified atom stereocenters. The first-order valence-corrected chi connectivity index (χ1v) is 6.55. The molecule has 0 heterocycles. The van der Waals surface area contributed by atoms with Crippen LogP contribution in [0.1, 0.15) is 53.4 Å². The summed E-state index contributed by atoms with van der Waals surface area (Å²) in [6.45, 7) is 9.63. The molecule has 1 rings (SSSR count). The molecule has 0 saturated heterocycles. The molecule has 0 spiro atoms. The number of hydrogen-bond acceptors (Lipinski definition) is 0. The third-order valence-electron chi connectivity index (χ3n) is 3.65. The lowest BCUT2D eigenvalue weighted by molar-refractivity contribution is 0.0995. The molecule has 1 saturated carbocycles. The van der Waals surface area contributed by atoms with Crippen LogP contribution in [0.4, 0.5) is 0 Å². The smallest absolute Gasteiger partial charge is 0.00853 e. The molecule has 0 radical (unpaired) electrons. The van der Waals surface area contributed by atoms with Crippen LogP contribution >= 0.6 is 15.9 Å². The van der Waals surface area contributed by atoms with Crippen LogP contribution in [0.3, 0.4) is 0 Å². The van der Waals surface area contributed by atoms with E-state index in [-0.39, 0.29) is 0 Å². The third-order valence-corrected chi connectivity index (χ3v) is 5.10. The van der Waals surface area contributed by atoms with Crippen molar-refractivity contribution < 1.29 is 0 Å². The van der Waals surface area contributed by atoms with E-state index in [4.69, 9.17) is 0 Å². The first kappa shape index (κ1) is 11.6. The molecule has 0 amide bonds. The average molecular weight is 247 g/mol. The molecule has 78 valence electrons. The number of rotatable bonds is 2. The fraction of sp³-hybridized carbons (Fsp3) is 1.00. The Labute approximate surface area is 91.6 Å². The van der Waals surface area contributed by atoms with Gasteiger partial charge in [-0.3, -0.25) is 0 Å². The summed E-state index contributed by atoms with van der Waals surface area (Å²) >= 11 is 3.64. The van der Waals surface area contributed by atoms with E-state index in [0.29, 0.717) is 10.8 Å². The van der Waals surface area contributed by atoms with Crippen LogP contribution in [0, 0.1) is 16.7 Å². The molecule has 1 heteroatoms. The Morgan fingerprint density at radius 2 is 2.00 bits per heavy atom. The van der Waals surface area contributed by atoms with Gasteiger partial charge in [0.25, 0.3) is 0 Å².